The molecule has 1 amide bonds. The van der Waals surface area contributed by atoms with E-state index in [1.807, 2.05) is 23.1 Å². The summed E-state index contributed by atoms with van der Waals surface area (Å²) in [6.45, 7) is 1.75. The molecule has 0 unspecified atom stereocenters. The van der Waals surface area contributed by atoms with E-state index in [1.165, 1.54) is 11.8 Å². The topological polar surface area (TPSA) is 84.0 Å². The SMILES string of the molecule is N#CCCN(C(=O)CSc1nncn1-c1cccc(Cl)c1)C1CCOCC1. The number of thioether (sulfide) groups is 1. The third-order valence-corrected chi connectivity index (χ3v) is 5.51. The standard InChI is InChI=1S/C18H20ClN5O2S/c19-14-3-1-4-16(11-14)24-13-21-22-18(24)27-12-17(25)23(8-2-7-20)15-5-9-26-10-6-15/h1,3-4,11,13,15H,2,5-6,8-10,12H2. The van der Waals surface area contributed by atoms with Crippen LogP contribution in [0.25, 0.3) is 5.69 Å². The van der Waals surface area contributed by atoms with Crippen molar-refractivity contribution in [3.8, 4) is 11.8 Å². The Balaban J connectivity index is 1.67. The highest BCUT2D eigenvalue weighted by Gasteiger charge is 2.26. The normalized spacial score (nSPS) is 14.7. The minimum absolute atomic E-state index is 0.00259. The Morgan fingerprint density at radius 3 is 3.00 bits per heavy atom. The molecule has 27 heavy (non-hydrogen) atoms. The molecule has 0 radical (unpaired) electrons. The van der Waals surface area contributed by atoms with E-state index in [1.54, 1.807) is 17.0 Å². The first-order valence-electron chi connectivity index (χ1n) is 8.72. The van der Waals surface area contributed by atoms with Gasteiger partial charge in [-0.05, 0) is 31.0 Å². The van der Waals surface area contributed by atoms with Crippen molar-refractivity contribution in [3.63, 3.8) is 0 Å². The fourth-order valence-electron chi connectivity index (χ4n) is 3.01. The maximum Gasteiger partial charge on any atom is 0.233 e. The summed E-state index contributed by atoms with van der Waals surface area (Å²) in [4.78, 5) is 14.6. The van der Waals surface area contributed by atoms with Gasteiger partial charge in [-0.15, -0.1) is 10.2 Å². The second-order valence-electron chi connectivity index (χ2n) is 6.09. The number of halogens is 1. The molecule has 1 fully saturated rings. The minimum atomic E-state index is 0.00259. The van der Waals surface area contributed by atoms with Gasteiger partial charge in [0.15, 0.2) is 5.16 Å². The number of hydrogen-bond donors (Lipinski definition) is 0. The van der Waals surface area contributed by atoms with Crippen LogP contribution in [0.4, 0.5) is 0 Å². The number of benzene rings is 1. The summed E-state index contributed by atoms with van der Waals surface area (Å²) in [5.41, 5.74) is 0.841. The Morgan fingerprint density at radius 1 is 1.44 bits per heavy atom. The highest BCUT2D eigenvalue weighted by molar-refractivity contribution is 7.99. The van der Waals surface area contributed by atoms with Crippen LogP contribution in [0.1, 0.15) is 19.3 Å². The van der Waals surface area contributed by atoms with Crippen LogP contribution in [-0.4, -0.2) is 57.1 Å². The molecule has 0 saturated carbocycles. The van der Waals surface area contributed by atoms with Crippen molar-refractivity contribution < 1.29 is 9.53 Å². The van der Waals surface area contributed by atoms with Crippen LogP contribution in [0.3, 0.4) is 0 Å². The molecule has 1 saturated heterocycles. The van der Waals surface area contributed by atoms with Crippen molar-refractivity contribution in [2.45, 2.75) is 30.5 Å². The average Bonchev–Trinajstić information content (AvgIpc) is 3.16. The molecule has 9 heteroatoms. The molecule has 142 valence electrons. The molecule has 0 aliphatic carbocycles. The van der Waals surface area contributed by atoms with Gasteiger partial charge in [-0.3, -0.25) is 9.36 Å². The quantitative estimate of drug-likeness (QED) is 0.658. The number of carbonyl (C=O) groups excluding carboxylic acids is 1. The molecule has 7 nitrogen and oxygen atoms in total. The van der Waals surface area contributed by atoms with Gasteiger partial charge in [0.2, 0.25) is 5.91 Å². The van der Waals surface area contributed by atoms with Gasteiger partial charge in [-0.25, -0.2) is 0 Å². The Kier molecular flexibility index (Phi) is 7.10. The zero-order valence-corrected chi connectivity index (χ0v) is 16.3. The lowest BCUT2D eigenvalue weighted by molar-refractivity contribution is -0.132. The van der Waals surface area contributed by atoms with Gasteiger partial charge in [0.1, 0.15) is 6.33 Å². The maximum absolute atomic E-state index is 12.8. The first-order chi connectivity index (χ1) is 13.2. The molecule has 2 heterocycles. The van der Waals surface area contributed by atoms with Crippen molar-refractivity contribution in [1.82, 2.24) is 19.7 Å². The second kappa shape index (κ2) is 9.74. The van der Waals surface area contributed by atoms with Gasteiger partial charge >= 0.3 is 0 Å². The van der Waals surface area contributed by atoms with Crippen LogP contribution in [0.15, 0.2) is 35.7 Å². The van der Waals surface area contributed by atoms with E-state index in [2.05, 4.69) is 16.3 Å². The molecule has 0 spiro atoms. The van der Waals surface area contributed by atoms with E-state index in [9.17, 15) is 4.79 Å². The van der Waals surface area contributed by atoms with Gasteiger partial charge in [0.05, 0.1) is 23.9 Å². The molecule has 0 bridgehead atoms. The summed E-state index contributed by atoms with van der Waals surface area (Å²) in [6, 6.07) is 9.63. The molecule has 1 aliphatic rings. The molecular formula is C18H20ClN5O2S. The number of hydrogen-bond acceptors (Lipinski definition) is 6. The van der Waals surface area contributed by atoms with Crippen LogP contribution in [0.5, 0.6) is 0 Å². The van der Waals surface area contributed by atoms with Crippen LogP contribution in [-0.2, 0) is 9.53 Å². The highest BCUT2D eigenvalue weighted by atomic mass is 35.5. The summed E-state index contributed by atoms with van der Waals surface area (Å²) in [7, 11) is 0. The van der Waals surface area contributed by atoms with Crippen molar-refractivity contribution in [2.24, 2.45) is 0 Å². The van der Waals surface area contributed by atoms with Crippen molar-refractivity contribution in [1.29, 1.82) is 5.26 Å². The van der Waals surface area contributed by atoms with Crippen molar-refractivity contribution in [2.75, 3.05) is 25.5 Å². The largest absolute Gasteiger partial charge is 0.381 e. The maximum atomic E-state index is 12.8. The van der Waals surface area contributed by atoms with Crippen LogP contribution in [0.2, 0.25) is 5.02 Å². The first-order valence-corrected chi connectivity index (χ1v) is 10.1. The van der Waals surface area contributed by atoms with Crippen LogP contribution >= 0.6 is 23.4 Å². The monoisotopic (exact) mass is 405 g/mol. The van der Waals surface area contributed by atoms with Gasteiger partial charge in [0.25, 0.3) is 0 Å². The van der Waals surface area contributed by atoms with E-state index < -0.39 is 0 Å². The zero-order chi connectivity index (χ0) is 19.1. The van der Waals surface area contributed by atoms with E-state index in [-0.39, 0.29) is 17.7 Å². The van der Waals surface area contributed by atoms with E-state index in [0.717, 1.165) is 18.5 Å². The van der Waals surface area contributed by atoms with E-state index in [0.29, 0.717) is 36.4 Å². The fraction of sp³-hybridized carbons (Fsp3) is 0.444. The Labute approximate surface area is 167 Å². The number of nitrogens with zero attached hydrogens (tertiary/aromatic N) is 5. The summed E-state index contributed by atoms with van der Waals surface area (Å²) in [5.74, 6) is 0.241. The third kappa shape index (κ3) is 5.22. The van der Waals surface area contributed by atoms with Crippen LogP contribution in [0, 0.1) is 11.3 Å². The summed E-state index contributed by atoms with van der Waals surface area (Å²) in [5, 5.41) is 18.2. The zero-order valence-electron chi connectivity index (χ0n) is 14.8. The number of aromatic nitrogens is 3. The number of ether oxygens (including phenoxy) is 1. The minimum Gasteiger partial charge on any atom is -0.381 e. The van der Waals surface area contributed by atoms with Gasteiger partial charge in [-0.2, -0.15) is 5.26 Å². The van der Waals surface area contributed by atoms with Crippen molar-refractivity contribution in [3.05, 3.63) is 35.6 Å². The smallest absolute Gasteiger partial charge is 0.233 e. The van der Waals surface area contributed by atoms with E-state index >= 15 is 0 Å². The molecule has 1 aromatic carbocycles. The molecular weight excluding hydrogens is 386 g/mol. The lowest BCUT2D eigenvalue weighted by Crippen LogP contribution is -2.44. The number of amides is 1. The highest BCUT2D eigenvalue weighted by Crippen LogP contribution is 2.23. The Bertz CT molecular complexity index is 816. The molecule has 1 aliphatic heterocycles. The molecule has 0 atom stereocenters. The second-order valence-corrected chi connectivity index (χ2v) is 7.47. The predicted molar refractivity (Wildman–Crippen MR) is 103 cm³/mol. The first kappa shape index (κ1) is 19.7. The third-order valence-electron chi connectivity index (χ3n) is 4.34. The summed E-state index contributed by atoms with van der Waals surface area (Å²) < 4.78 is 7.19. The lowest BCUT2D eigenvalue weighted by Gasteiger charge is -2.33. The van der Waals surface area contributed by atoms with Gasteiger partial charge in [0, 0.05) is 30.8 Å². The lowest BCUT2D eigenvalue weighted by atomic mass is 10.1. The molecule has 3 rings (SSSR count). The number of rotatable bonds is 7. The molecule has 0 N–H and O–H groups in total. The van der Waals surface area contributed by atoms with Gasteiger partial charge < -0.3 is 9.64 Å². The Hall–Kier alpha value is -2.08. The molecule has 1 aromatic heterocycles. The Morgan fingerprint density at radius 2 is 2.26 bits per heavy atom. The van der Waals surface area contributed by atoms with Gasteiger partial charge in [-0.1, -0.05) is 29.4 Å². The van der Waals surface area contributed by atoms with Crippen molar-refractivity contribution >= 4 is 29.3 Å². The predicted octanol–water partition coefficient (Wildman–Crippen LogP) is 2.93. The van der Waals surface area contributed by atoms with Crippen LogP contribution < -0.4 is 0 Å². The summed E-state index contributed by atoms with van der Waals surface area (Å²) in [6.07, 6.45) is 3.54. The number of nitriles is 1. The number of carbonyl (C=O) groups is 1. The molecule has 2 aromatic rings. The average molecular weight is 406 g/mol. The fourth-order valence-corrected chi connectivity index (χ4v) is 4.01. The summed E-state index contributed by atoms with van der Waals surface area (Å²) >= 11 is 7.39. The van der Waals surface area contributed by atoms with E-state index in [4.69, 9.17) is 21.6 Å².